The predicted octanol–water partition coefficient (Wildman–Crippen LogP) is 6.19. The Bertz CT molecular complexity index is 1950. The van der Waals surface area contributed by atoms with Crippen LogP contribution in [-0.4, -0.2) is 46.3 Å². The number of likely N-dealkylation sites (N-methyl/N-ethyl adjacent to an activating group) is 1. The summed E-state index contributed by atoms with van der Waals surface area (Å²) in [5.41, 5.74) is 3.93. The number of carbonyl (C=O) groups is 3. The number of nitrogens with zero attached hydrogens (tertiary/aromatic N) is 4. The first-order valence-electron chi connectivity index (χ1n) is 14.5. The van der Waals surface area contributed by atoms with Gasteiger partial charge in [0.25, 0.3) is 0 Å². The summed E-state index contributed by atoms with van der Waals surface area (Å²) < 4.78 is 6.08. The molecule has 0 aliphatic carbocycles. The minimum absolute atomic E-state index is 0.0530. The second-order valence-electron chi connectivity index (χ2n) is 10.5. The van der Waals surface area contributed by atoms with Crippen LogP contribution in [0.15, 0.2) is 91.4 Å². The second-order valence-corrected chi connectivity index (χ2v) is 11.3. The lowest BCUT2D eigenvalue weighted by molar-refractivity contribution is -0.122. The fourth-order valence-corrected chi connectivity index (χ4v) is 5.17. The van der Waals surface area contributed by atoms with Crippen LogP contribution in [0.2, 0.25) is 10.0 Å². The zero-order valence-electron chi connectivity index (χ0n) is 25.5. The number of fused-ring (bicyclic) bond motifs is 1. The molecule has 0 aliphatic rings. The maximum absolute atomic E-state index is 13.0. The van der Waals surface area contributed by atoms with Gasteiger partial charge in [-0.25, -0.2) is 9.97 Å². The van der Waals surface area contributed by atoms with Crippen LogP contribution in [0.25, 0.3) is 17.0 Å². The largest absolute Gasteiger partial charge is 0.487 e. The van der Waals surface area contributed by atoms with Gasteiger partial charge in [-0.05, 0) is 66.6 Å². The van der Waals surface area contributed by atoms with Crippen molar-refractivity contribution in [3.05, 3.63) is 124 Å². The Morgan fingerprint density at radius 2 is 1.83 bits per heavy atom. The summed E-state index contributed by atoms with van der Waals surface area (Å²) in [5, 5.41) is 6.88. The van der Waals surface area contributed by atoms with Gasteiger partial charge in [-0.3, -0.25) is 19.4 Å². The quantitative estimate of drug-likeness (QED) is 0.161. The number of nitrogens with one attached hydrogen (secondary N) is 2. The van der Waals surface area contributed by atoms with Crippen LogP contribution >= 0.6 is 23.2 Å². The van der Waals surface area contributed by atoms with Gasteiger partial charge < -0.3 is 20.3 Å². The van der Waals surface area contributed by atoms with E-state index in [0.29, 0.717) is 33.4 Å². The van der Waals surface area contributed by atoms with Gasteiger partial charge in [0.1, 0.15) is 23.7 Å². The van der Waals surface area contributed by atoms with Crippen molar-refractivity contribution in [1.29, 1.82) is 0 Å². The Labute approximate surface area is 281 Å². The van der Waals surface area contributed by atoms with E-state index in [1.165, 1.54) is 17.2 Å². The lowest BCUT2D eigenvalue weighted by Crippen LogP contribution is -2.37. The first-order valence-corrected chi connectivity index (χ1v) is 15.3. The number of halogens is 2. The molecule has 0 bridgehead atoms. The molecule has 0 aliphatic heterocycles. The molecule has 3 amide bonds. The molecular formula is C35H30Cl2N6O4. The SMILES string of the molecule is Cc1ccc2cccc(OCc3c(Cl)ccc(N(C)C(=O)CNC(=O)/C=C/c4ccc(NC(=O)Cc5cccnc5)nc4)c3Cl)c2n1. The van der Waals surface area contributed by atoms with Crippen LogP contribution < -0.4 is 20.3 Å². The number of ether oxygens (including phenoxy) is 1. The average molecular weight is 670 g/mol. The van der Waals surface area contributed by atoms with Gasteiger partial charge in [0.05, 0.1) is 23.7 Å². The van der Waals surface area contributed by atoms with Crippen LogP contribution in [0.4, 0.5) is 11.5 Å². The molecule has 5 rings (SSSR count). The van der Waals surface area contributed by atoms with Crippen molar-refractivity contribution in [1.82, 2.24) is 20.3 Å². The van der Waals surface area contributed by atoms with Gasteiger partial charge in [0, 0.05) is 53.4 Å². The van der Waals surface area contributed by atoms with Gasteiger partial charge in [0.15, 0.2) is 0 Å². The molecule has 10 nitrogen and oxygen atoms in total. The number of pyridine rings is 3. The Morgan fingerprint density at radius 3 is 2.60 bits per heavy atom. The third-order valence-electron chi connectivity index (χ3n) is 7.08. The van der Waals surface area contributed by atoms with E-state index in [-0.39, 0.29) is 30.5 Å². The molecule has 238 valence electrons. The highest BCUT2D eigenvalue weighted by atomic mass is 35.5. The highest BCUT2D eigenvalue weighted by molar-refractivity contribution is 6.38. The summed E-state index contributed by atoms with van der Waals surface area (Å²) in [7, 11) is 1.56. The molecule has 0 radical (unpaired) electrons. The molecule has 2 aromatic carbocycles. The number of anilines is 2. The molecule has 0 saturated heterocycles. The van der Waals surface area contributed by atoms with Gasteiger partial charge in [0.2, 0.25) is 17.7 Å². The summed E-state index contributed by atoms with van der Waals surface area (Å²) in [5.74, 6) is -0.134. The number of rotatable bonds is 11. The Kier molecular flexibility index (Phi) is 10.8. The third-order valence-corrected chi connectivity index (χ3v) is 7.85. The van der Waals surface area contributed by atoms with E-state index in [4.69, 9.17) is 27.9 Å². The van der Waals surface area contributed by atoms with Gasteiger partial charge in [-0.2, -0.15) is 0 Å². The van der Waals surface area contributed by atoms with E-state index in [9.17, 15) is 14.4 Å². The van der Waals surface area contributed by atoms with E-state index in [1.807, 2.05) is 43.3 Å². The first-order chi connectivity index (χ1) is 22.7. The van der Waals surface area contributed by atoms with Crippen molar-refractivity contribution >= 4 is 69.4 Å². The fraction of sp³-hybridized carbons (Fsp3) is 0.143. The molecule has 0 saturated carbocycles. The lowest BCUT2D eigenvalue weighted by Gasteiger charge is -2.21. The maximum Gasteiger partial charge on any atom is 0.246 e. The van der Waals surface area contributed by atoms with Crippen LogP contribution in [0.3, 0.4) is 0 Å². The van der Waals surface area contributed by atoms with E-state index < -0.39 is 11.8 Å². The van der Waals surface area contributed by atoms with Crippen molar-refractivity contribution in [2.24, 2.45) is 0 Å². The highest BCUT2D eigenvalue weighted by Crippen LogP contribution is 2.35. The number of carbonyl (C=O) groups excluding carboxylic acids is 3. The summed E-state index contributed by atoms with van der Waals surface area (Å²) in [6.07, 6.45) is 7.80. The molecule has 12 heteroatoms. The van der Waals surface area contributed by atoms with Crippen molar-refractivity contribution in [3.8, 4) is 5.75 Å². The third kappa shape index (κ3) is 8.69. The molecular weight excluding hydrogens is 639 g/mol. The number of hydrogen-bond acceptors (Lipinski definition) is 7. The number of hydrogen-bond donors (Lipinski definition) is 2. The van der Waals surface area contributed by atoms with Crippen molar-refractivity contribution in [2.75, 3.05) is 23.8 Å². The van der Waals surface area contributed by atoms with Crippen molar-refractivity contribution in [3.63, 3.8) is 0 Å². The number of benzene rings is 2. The highest BCUT2D eigenvalue weighted by Gasteiger charge is 2.19. The number of para-hydroxylation sites is 1. The molecule has 47 heavy (non-hydrogen) atoms. The fourth-order valence-electron chi connectivity index (χ4n) is 4.56. The minimum atomic E-state index is -0.476. The van der Waals surface area contributed by atoms with E-state index in [2.05, 4.69) is 25.6 Å². The number of aromatic nitrogens is 3. The number of amides is 3. The smallest absolute Gasteiger partial charge is 0.246 e. The van der Waals surface area contributed by atoms with E-state index in [1.54, 1.807) is 55.8 Å². The maximum atomic E-state index is 13.0. The molecule has 0 atom stereocenters. The molecule has 0 unspecified atom stereocenters. The minimum Gasteiger partial charge on any atom is -0.487 e. The summed E-state index contributed by atoms with van der Waals surface area (Å²) in [6, 6.07) is 19.8. The lowest BCUT2D eigenvalue weighted by atomic mass is 10.1. The normalized spacial score (nSPS) is 11.0. The Morgan fingerprint density at radius 1 is 0.979 bits per heavy atom. The standard InChI is InChI=1S/C35H30Cl2N6O4/c1-22-8-11-25-6-3-7-29(35(25)41-22)47-21-26-27(36)12-13-28(34(26)37)43(2)33(46)20-40-31(44)15-10-23-9-14-30(39-19-23)42-32(45)17-24-5-4-16-38-18-24/h3-16,18-19H,17,20-21H2,1-2H3,(H,40,44)(H,39,42,45)/b15-10+. The van der Waals surface area contributed by atoms with Gasteiger partial charge in [-0.15, -0.1) is 0 Å². The van der Waals surface area contributed by atoms with Crippen molar-refractivity contribution < 1.29 is 19.1 Å². The summed E-state index contributed by atoms with van der Waals surface area (Å²) in [6.45, 7) is 1.69. The average Bonchev–Trinajstić information content (AvgIpc) is 3.07. The predicted molar refractivity (Wildman–Crippen MR) is 184 cm³/mol. The molecule has 0 fully saturated rings. The van der Waals surface area contributed by atoms with Gasteiger partial charge >= 0.3 is 0 Å². The molecule has 3 heterocycles. The molecule has 5 aromatic rings. The van der Waals surface area contributed by atoms with Crippen LogP contribution in [-0.2, 0) is 27.4 Å². The Balaban J connectivity index is 1.14. The van der Waals surface area contributed by atoms with Crippen LogP contribution in [0.5, 0.6) is 5.75 Å². The zero-order valence-corrected chi connectivity index (χ0v) is 27.0. The Hall–Kier alpha value is -5.32. The van der Waals surface area contributed by atoms with E-state index in [0.717, 1.165) is 22.2 Å². The van der Waals surface area contributed by atoms with E-state index >= 15 is 0 Å². The second kappa shape index (κ2) is 15.3. The topological polar surface area (TPSA) is 126 Å². The molecule has 3 aromatic heterocycles. The summed E-state index contributed by atoms with van der Waals surface area (Å²) in [4.78, 5) is 51.8. The molecule has 0 spiro atoms. The first kappa shape index (κ1) is 33.1. The summed E-state index contributed by atoms with van der Waals surface area (Å²) >= 11 is 13.2. The van der Waals surface area contributed by atoms with Crippen LogP contribution in [0.1, 0.15) is 22.4 Å². The zero-order chi connectivity index (χ0) is 33.3. The monoisotopic (exact) mass is 668 g/mol. The number of aryl methyl sites for hydroxylation is 1. The van der Waals surface area contributed by atoms with Crippen molar-refractivity contribution in [2.45, 2.75) is 20.0 Å². The molecule has 2 N–H and O–H groups in total. The van der Waals surface area contributed by atoms with Crippen LogP contribution in [0, 0.1) is 6.92 Å². The van der Waals surface area contributed by atoms with Gasteiger partial charge in [-0.1, -0.05) is 47.5 Å².